The number of hydrogen-bond acceptors (Lipinski definition) is 12. The first-order chi connectivity index (χ1) is 20.2. The highest BCUT2D eigenvalue weighted by Gasteiger charge is 2.72. The smallest absolute Gasteiger partial charge is 0.349 e. The van der Waals surface area contributed by atoms with Crippen molar-refractivity contribution in [1.82, 2.24) is 4.90 Å². The third-order valence-corrected chi connectivity index (χ3v) is 9.00. The van der Waals surface area contributed by atoms with Gasteiger partial charge < -0.3 is 39.2 Å². The molecule has 0 radical (unpaired) electrons. The number of likely N-dealkylation sites (N-methyl/N-ethyl adjacent to an activating group) is 1. The lowest BCUT2D eigenvalue weighted by Crippen LogP contribution is -2.74. The van der Waals surface area contributed by atoms with Gasteiger partial charge in [-0.2, -0.15) is 0 Å². The molecule has 1 fully saturated rings. The molecule has 2 aliphatic heterocycles. The maximum absolute atomic E-state index is 13.4. The molecule has 5 rings (SSSR count). The molecule has 1 aromatic rings. The number of rotatable bonds is 10. The number of hydrogen-bond donors (Lipinski definition) is 3. The zero-order valence-electron chi connectivity index (χ0n) is 23.6. The Hall–Kier alpha value is -4.30. The van der Waals surface area contributed by atoms with E-state index in [0.29, 0.717) is 37.0 Å². The summed E-state index contributed by atoms with van der Waals surface area (Å²) >= 11 is 0. The Morgan fingerprint density at radius 2 is 1.88 bits per heavy atom. The van der Waals surface area contributed by atoms with E-state index in [-0.39, 0.29) is 23.8 Å². The van der Waals surface area contributed by atoms with Crippen LogP contribution in [-0.4, -0.2) is 99.9 Å². The van der Waals surface area contributed by atoms with Gasteiger partial charge in [-0.25, -0.2) is 9.59 Å². The molecule has 0 amide bonds. The molecule has 2 heterocycles. The van der Waals surface area contributed by atoms with Crippen molar-refractivity contribution >= 4 is 36.1 Å². The summed E-state index contributed by atoms with van der Waals surface area (Å²) in [7, 11) is 1.92. The summed E-state index contributed by atoms with van der Waals surface area (Å²) < 4.78 is 21.8. The third-order valence-electron chi connectivity index (χ3n) is 9.00. The molecule has 230 valence electrons. The van der Waals surface area contributed by atoms with Crippen molar-refractivity contribution in [2.45, 2.75) is 74.9 Å². The fourth-order valence-electron chi connectivity index (χ4n) is 6.98. The van der Waals surface area contributed by atoms with Gasteiger partial charge in [-0.15, -0.1) is 0 Å². The second-order valence-corrected chi connectivity index (χ2v) is 11.4. The molecular formula is C29H31NO13. The predicted octanol–water partition coefficient (Wildman–Crippen LogP) is 0.359. The van der Waals surface area contributed by atoms with Crippen molar-refractivity contribution in [2.24, 2.45) is 5.92 Å². The number of nitrogens with zero attached hydrogens (tertiary/aromatic N) is 1. The largest absolute Gasteiger partial charge is 0.481 e. The molecule has 4 aliphatic rings. The van der Waals surface area contributed by atoms with Crippen LogP contribution in [0, 0.1) is 5.92 Å². The number of carbonyl (C=O) groups is 6. The Morgan fingerprint density at radius 3 is 2.51 bits per heavy atom. The van der Waals surface area contributed by atoms with Crippen molar-refractivity contribution in [3.63, 3.8) is 0 Å². The van der Waals surface area contributed by atoms with Gasteiger partial charge in [-0.3, -0.25) is 19.2 Å². The minimum Gasteiger partial charge on any atom is -0.481 e. The number of esters is 3. The SMILES string of the molecule is CC(=O)O[C@@H](C(=O)O[C@H](CC(=O)O)C(=O)O)[C@@H](C)C(=O)OC1=CC[C@@]2(O)[C@H]3Cc4ccc(C=O)c5c4[C@@]2(CCN3C)[C@H]1O5. The lowest BCUT2D eigenvalue weighted by molar-refractivity contribution is -0.185. The summed E-state index contributed by atoms with van der Waals surface area (Å²) in [6, 6.07) is 3.21. The summed E-state index contributed by atoms with van der Waals surface area (Å²) in [5, 5.41) is 30.4. The van der Waals surface area contributed by atoms with E-state index in [9.17, 15) is 39.0 Å². The molecule has 1 aromatic carbocycles. The van der Waals surface area contributed by atoms with Gasteiger partial charge >= 0.3 is 29.8 Å². The molecule has 0 unspecified atom stereocenters. The zero-order chi connectivity index (χ0) is 31.4. The van der Waals surface area contributed by atoms with E-state index in [0.717, 1.165) is 12.5 Å². The number of aliphatic carboxylic acids is 2. The first-order valence-electron chi connectivity index (χ1n) is 13.7. The van der Waals surface area contributed by atoms with Crippen molar-refractivity contribution in [3.8, 4) is 5.75 Å². The van der Waals surface area contributed by atoms with E-state index in [2.05, 4.69) is 4.90 Å². The van der Waals surface area contributed by atoms with Gasteiger partial charge in [0.05, 0.1) is 23.0 Å². The summed E-state index contributed by atoms with van der Waals surface area (Å²) in [6.07, 6.45) is -2.89. The van der Waals surface area contributed by atoms with Gasteiger partial charge in [0, 0.05) is 24.9 Å². The first kappa shape index (κ1) is 30.2. The molecule has 14 heteroatoms. The molecule has 1 spiro atoms. The number of ether oxygens (including phenoxy) is 4. The number of carbonyl (C=O) groups excluding carboxylic acids is 4. The van der Waals surface area contributed by atoms with Gasteiger partial charge in [-0.1, -0.05) is 6.07 Å². The number of aldehydes is 1. The molecule has 14 nitrogen and oxygen atoms in total. The lowest BCUT2D eigenvalue weighted by Gasteiger charge is -2.61. The van der Waals surface area contributed by atoms with Gasteiger partial charge in [0.15, 0.2) is 12.4 Å². The van der Waals surface area contributed by atoms with Gasteiger partial charge in [-0.05, 0) is 51.1 Å². The zero-order valence-corrected chi connectivity index (χ0v) is 23.6. The monoisotopic (exact) mass is 601 g/mol. The molecule has 7 atom stereocenters. The summed E-state index contributed by atoms with van der Waals surface area (Å²) in [5.74, 6) is -7.98. The van der Waals surface area contributed by atoms with E-state index < -0.39 is 71.5 Å². The number of likely N-dealkylation sites (tertiary alicyclic amines) is 1. The lowest BCUT2D eigenvalue weighted by atomic mass is 9.50. The average Bonchev–Trinajstić information content (AvgIpc) is 3.29. The van der Waals surface area contributed by atoms with Crippen LogP contribution in [0.15, 0.2) is 24.0 Å². The first-order valence-corrected chi connectivity index (χ1v) is 13.7. The van der Waals surface area contributed by atoms with Gasteiger partial charge in [0.25, 0.3) is 0 Å². The van der Waals surface area contributed by atoms with E-state index in [1.165, 1.54) is 13.0 Å². The maximum Gasteiger partial charge on any atom is 0.349 e. The van der Waals surface area contributed by atoms with E-state index in [1.807, 2.05) is 13.1 Å². The van der Waals surface area contributed by atoms with Crippen molar-refractivity contribution < 1.29 is 63.0 Å². The van der Waals surface area contributed by atoms with Crippen LogP contribution in [0.5, 0.6) is 5.75 Å². The highest BCUT2D eigenvalue weighted by Crippen LogP contribution is 2.64. The molecule has 1 saturated heterocycles. The molecule has 2 aliphatic carbocycles. The second kappa shape index (κ2) is 10.8. The Balaban J connectivity index is 1.45. The quantitative estimate of drug-likeness (QED) is 0.188. The summed E-state index contributed by atoms with van der Waals surface area (Å²) in [4.78, 5) is 74.5. The summed E-state index contributed by atoms with van der Waals surface area (Å²) in [5.41, 5.74) is -0.445. The standard InChI is InChI=1S/C29H31NO13/c1-13(22(40-14(2)32)27(38)42-18(25(35)36)11-20(33)34)26(37)41-17-6-7-29(39)19-10-15-4-5-16(12-31)23-21(15)28(29,24(17)43-23)8-9-30(19)3/h4-6,12-13,18-19,22,24,39H,7-11H2,1-3H3,(H,33,34)(H,35,36)/t13-,18-,19-,22-,24+,28+,29-/m1/s1. The van der Waals surface area contributed by atoms with Crippen LogP contribution in [0.25, 0.3) is 0 Å². The van der Waals surface area contributed by atoms with Crippen LogP contribution in [0.3, 0.4) is 0 Å². The van der Waals surface area contributed by atoms with Crippen LogP contribution in [0.1, 0.15) is 54.6 Å². The summed E-state index contributed by atoms with van der Waals surface area (Å²) in [6.45, 7) is 2.75. The van der Waals surface area contributed by atoms with Crippen molar-refractivity contribution in [3.05, 3.63) is 40.7 Å². The molecule has 43 heavy (non-hydrogen) atoms. The maximum atomic E-state index is 13.4. The van der Waals surface area contributed by atoms with Crippen molar-refractivity contribution in [1.29, 1.82) is 0 Å². The van der Waals surface area contributed by atoms with Gasteiger partial charge in [0.2, 0.25) is 12.2 Å². The highest BCUT2D eigenvalue weighted by atomic mass is 16.6. The third kappa shape index (κ3) is 4.65. The van der Waals surface area contributed by atoms with E-state index >= 15 is 0 Å². The molecule has 0 aromatic heterocycles. The molecule has 3 N–H and O–H groups in total. The Labute approximate surface area is 245 Å². The molecule has 0 saturated carbocycles. The Kier molecular flexibility index (Phi) is 7.55. The topological polar surface area (TPSA) is 203 Å². The average molecular weight is 602 g/mol. The van der Waals surface area contributed by atoms with Crippen LogP contribution in [0.2, 0.25) is 0 Å². The number of carboxylic acids is 2. The number of benzene rings is 1. The predicted molar refractivity (Wildman–Crippen MR) is 141 cm³/mol. The number of carboxylic acid groups (broad SMARTS) is 2. The normalized spacial score (nSPS) is 28.6. The van der Waals surface area contributed by atoms with E-state index in [4.69, 9.17) is 24.1 Å². The molecular weight excluding hydrogens is 570 g/mol. The Bertz CT molecular complexity index is 1450. The number of piperidine rings is 1. The fraction of sp³-hybridized carbons (Fsp3) is 0.517. The van der Waals surface area contributed by atoms with Crippen LogP contribution in [-0.2, 0) is 50.0 Å². The van der Waals surface area contributed by atoms with Crippen LogP contribution < -0.4 is 4.74 Å². The van der Waals surface area contributed by atoms with Crippen LogP contribution >= 0.6 is 0 Å². The van der Waals surface area contributed by atoms with E-state index in [1.54, 1.807) is 6.07 Å². The van der Waals surface area contributed by atoms with Gasteiger partial charge in [0.1, 0.15) is 17.4 Å². The Morgan fingerprint density at radius 1 is 1.16 bits per heavy atom. The minimum absolute atomic E-state index is 0.0370. The fourth-order valence-corrected chi connectivity index (χ4v) is 6.98. The molecule has 2 bridgehead atoms. The van der Waals surface area contributed by atoms with Crippen LogP contribution in [0.4, 0.5) is 0 Å². The minimum atomic E-state index is -2.10. The number of aliphatic hydroxyl groups is 1. The van der Waals surface area contributed by atoms with Crippen molar-refractivity contribution in [2.75, 3.05) is 13.6 Å². The highest BCUT2D eigenvalue weighted by molar-refractivity contribution is 5.89. The second-order valence-electron chi connectivity index (χ2n) is 11.4.